The molecule has 0 bridgehead atoms. The summed E-state index contributed by atoms with van der Waals surface area (Å²) in [5.41, 5.74) is 7.33. The molecule has 92 valence electrons. The van der Waals surface area contributed by atoms with Crippen LogP contribution >= 0.6 is 11.6 Å². The normalized spacial score (nSPS) is 21.3. The molecule has 2 saturated carbocycles. The van der Waals surface area contributed by atoms with Gasteiger partial charge in [0.25, 0.3) is 0 Å². The molecule has 0 unspecified atom stereocenters. The smallest absolute Gasteiger partial charge is 0.122 e. The second-order valence-corrected chi connectivity index (χ2v) is 5.98. The Bertz CT molecular complexity index is 424. The minimum absolute atomic E-state index is 0.00235. The molecule has 0 atom stereocenters. The Labute approximate surface area is 107 Å². The summed E-state index contributed by atoms with van der Waals surface area (Å²) in [7, 11) is 0. The summed E-state index contributed by atoms with van der Waals surface area (Å²) in [6.45, 7) is 0.839. The highest BCUT2D eigenvalue weighted by molar-refractivity contribution is 6.30. The SMILES string of the molecule is NC1(Cc2cc(Cl)ccc2OCC2CC2)CC1. The first kappa shape index (κ1) is 11.4. The third kappa shape index (κ3) is 2.93. The molecule has 17 heavy (non-hydrogen) atoms. The minimum Gasteiger partial charge on any atom is -0.493 e. The average molecular weight is 252 g/mol. The lowest BCUT2D eigenvalue weighted by molar-refractivity contribution is 0.296. The summed E-state index contributed by atoms with van der Waals surface area (Å²) < 4.78 is 5.88. The maximum absolute atomic E-state index is 6.17. The Hall–Kier alpha value is -0.730. The van der Waals surface area contributed by atoms with Crippen LogP contribution in [-0.2, 0) is 6.42 Å². The van der Waals surface area contributed by atoms with Gasteiger partial charge in [0, 0.05) is 10.6 Å². The van der Waals surface area contributed by atoms with Gasteiger partial charge in [0.05, 0.1) is 6.61 Å². The number of hydrogen-bond acceptors (Lipinski definition) is 2. The predicted molar refractivity (Wildman–Crippen MR) is 69.5 cm³/mol. The van der Waals surface area contributed by atoms with Crippen molar-refractivity contribution >= 4 is 11.6 Å². The van der Waals surface area contributed by atoms with E-state index in [4.69, 9.17) is 22.1 Å². The molecule has 2 aliphatic carbocycles. The van der Waals surface area contributed by atoms with Gasteiger partial charge in [-0.1, -0.05) is 11.6 Å². The van der Waals surface area contributed by atoms with E-state index < -0.39 is 0 Å². The molecular weight excluding hydrogens is 234 g/mol. The minimum atomic E-state index is 0.00235. The fraction of sp³-hybridized carbons (Fsp3) is 0.571. The highest BCUT2D eigenvalue weighted by atomic mass is 35.5. The number of benzene rings is 1. The van der Waals surface area contributed by atoms with Crippen LogP contribution in [0.2, 0.25) is 5.02 Å². The Balaban J connectivity index is 1.74. The van der Waals surface area contributed by atoms with Crippen molar-refractivity contribution < 1.29 is 4.74 Å². The number of hydrogen-bond donors (Lipinski definition) is 1. The van der Waals surface area contributed by atoms with Crippen molar-refractivity contribution in [2.75, 3.05) is 6.61 Å². The molecule has 0 aliphatic heterocycles. The highest BCUT2D eigenvalue weighted by Crippen LogP contribution is 2.39. The number of ether oxygens (including phenoxy) is 1. The number of nitrogens with two attached hydrogens (primary N) is 1. The molecule has 0 saturated heterocycles. The fourth-order valence-corrected chi connectivity index (χ4v) is 2.23. The second kappa shape index (κ2) is 4.18. The van der Waals surface area contributed by atoms with E-state index in [2.05, 4.69) is 0 Å². The molecule has 3 heteroatoms. The van der Waals surface area contributed by atoms with E-state index in [9.17, 15) is 0 Å². The molecule has 0 spiro atoms. The maximum Gasteiger partial charge on any atom is 0.122 e. The zero-order valence-electron chi connectivity index (χ0n) is 9.92. The number of rotatable bonds is 5. The van der Waals surface area contributed by atoms with Crippen molar-refractivity contribution in [2.45, 2.75) is 37.6 Å². The Kier molecular flexibility index (Phi) is 2.80. The van der Waals surface area contributed by atoms with Crippen LogP contribution in [0.25, 0.3) is 0 Å². The van der Waals surface area contributed by atoms with E-state index in [1.807, 2.05) is 18.2 Å². The van der Waals surface area contributed by atoms with Crippen LogP contribution < -0.4 is 10.5 Å². The summed E-state index contributed by atoms with van der Waals surface area (Å²) in [5, 5.41) is 0.767. The van der Waals surface area contributed by atoms with Crippen LogP contribution in [-0.4, -0.2) is 12.1 Å². The lowest BCUT2D eigenvalue weighted by atomic mass is 10.0. The molecule has 3 rings (SSSR count). The van der Waals surface area contributed by atoms with Crippen molar-refractivity contribution in [1.82, 2.24) is 0 Å². The molecule has 2 N–H and O–H groups in total. The zero-order chi connectivity index (χ0) is 11.9. The van der Waals surface area contributed by atoms with E-state index in [-0.39, 0.29) is 5.54 Å². The van der Waals surface area contributed by atoms with Gasteiger partial charge >= 0.3 is 0 Å². The van der Waals surface area contributed by atoms with Crippen LogP contribution in [0.1, 0.15) is 31.2 Å². The van der Waals surface area contributed by atoms with Gasteiger partial charge in [0.15, 0.2) is 0 Å². The third-order valence-corrected chi connectivity index (χ3v) is 3.86. The van der Waals surface area contributed by atoms with Crippen molar-refractivity contribution in [3.05, 3.63) is 28.8 Å². The molecule has 1 aromatic carbocycles. The largest absolute Gasteiger partial charge is 0.493 e. The van der Waals surface area contributed by atoms with E-state index in [1.54, 1.807) is 0 Å². The van der Waals surface area contributed by atoms with Crippen LogP contribution in [0.4, 0.5) is 0 Å². The van der Waals surface area contributed by atoms with Gasteiger partial charge in [-0.15, -0.1) is 0 Å². The lowest BCUT2D eigenvalue weighted by Crippen LogP contribution is -2.24. The Morgan fingerprint density at radius 1 is 1.35 bits per heavy atom. The molecule has 2 aliphatic rings. The van der Waals surface area contributed by atoms with Gasteiger partial charge in [0.2, 0.25) is 0 Å². The first-order valence-corrected chi connectivity index (χ1v) is 6.73. The molecule has 2 nitrogen and oxygen atoms in total. The maximum atomic E-state index is 6.17. The van der Waals surface area contributed by atoms with Crippen molar-refractivity contribution in [2.24, 2.45) is 11.7 Å². The van der Waals surface area contributed by atoms with Crippen LogP contribution in [0.15, 0.2) is 18.2 Å². The van der Waals surface area contributed by atoms with Gasteiger partial charge in [-0.2, -0.15) is 0 Å². The van der Waals surface area contributed by atoms with E-state index >= 15 is 0 Å². The molecule has 1 aromatic rings. The summed E-state index contributed by atoms with van der Waals surface area (Å²) in [6, 6.07) is 5.87. The molecule has 0 heterocycles. The molecule has 0 aromatic heterocycles. The van der Waals surface area contributed by atoms with Gasteiger partial charge in [0.1, 0.15) is 5.75 Å². The van der Waals surface area contributed by atoms with Crippen LogP contribution in [0, 0.1) is 5.92 Å². The second-order valence-electron chi connectivity index (χ2n) is 5.55. The Morgan fingerprint density at radius 3 is 2.76 bits per heavy atom. The Morgan fingerprint density at radius 2 is 2.12 bits per heavy atom. The molecule has 2 fully saturated rings. The third-order valence-electron chi connectivity index (χ3n) is 3.63. The van der Waals surface area contributed by atoms with E-state index in [1.165, 1.54) is 12.8 Å². The molecular formula is C14H18ClNO. The summed E-state index contributed by atoms with van der Waals surface area (Å²) >= 11 is 6.04. The highest BCUT2D eigenvalue weighted by Gasteiger charge is 2.38. The van der Waals surface area contributed by atoms with Crippen molar-refractivity contribution in [3.8, 4) is 5.75 Å². The monoisotopic (exact) mass is 251 g/mol. The van der Waals surface area contributed by atoms with Gasteiger partial charge in [-0.25, -0.2) is 0 Å². The summed E-state index contributed by atoms with van der Waals surface area (Å²) in [4.78, 5) is 0. The average Bonchev–Trinajstić information content (AvgIpc) is 3.16. The topological polar surface area (TPSA) is 35.2 Å². The van der Waals surface area contributed by atoms with Gasteiger partial charge < -0.3 is 10.5 Å². The van der Waals surface area contributed by atoms with Crippen LogP contribution in [0.3, 0.4) is 0 Å². The molecule has 0 radical (unpaired) electrons. The predicted octanol–water partition coefficient (Wildman–Crippen LogP) is 3.16. The molecule has 0 amide bonds. The quantitative estimate of drug-likeness (QED) is 0.873. The van der Waals surface area contributed by atoms with Crippen molar-refractivity contribution in [1.29, 1.82) is 0 Å². The summed E-state index contributed by atoms with van der Waals surface area (Å²) in [6.07, 6.45) is 5.73. The first-order valence-electron chi connectivity index (χ1n) is 6.35. The summed E-state index contributed by atoms with van der Waals surface area (Å²) in [5.74, 6) is 1.74. The van der Waals surface area contributed by atoms with E-state index in [0.29, 0.717) is 0 Å². The lowest BCUT2D eigenvalue weighted by Gasteiger charge is -2.14. The van der Waals surface area contributed by atoms with Crippen molar-refractivity contribution in [3.63, 3.8) is 0 Å². The van der Waals surface area contributed by atoms with E-state index in [0.717, 1.165) is 48.1 Å². The standard InChI is InChI=1S/C14H18ClNO/c15-12-3-4-13(17-9-10-1-2-10)11(7-12)8-14(16)5-6-14/h3-4,7,10H,1-2,5-6,8-9,16H2. The van der Waals surface area contributed by atoms with Gasteiger partial charge in [-0.3, -0.25) is 0 Å². The van der Waals surface area contributed by atoms with Crippen LogP contribution in [0.5, 0.6) is 5.75 Å². The van der Waals surface area contributed by atoms with Gasteiger partial charge in [-0.05, 0) is 61.8 Å². The first-order chi connectivity index (χ1) is 8.15. The fourth-order valence-electron chi connectivity index (χ4n) is 2.04. The zero-order valence-corrected chi connectivity index (χ0v) is 10.7. The number of halogens is 1.